The summed E-state index contributed by atoms with van der Waals surface area (Å²) >= 11 is 7.29. The molecule has 0 spiro atoms. The van der Waals surface area contributed by atoms with Gasteiger partial charge in [0, 0.05) is 24.4 Å². The van der Waals surface area contributed by atoms with Crippen LogP contribution in [0.2, 0.25) is 4.34 Å². The molecule has 2 heterocycles. The minimum Gasteiger partial charge on any atom is -0.386 e. The second-order valence-electron chi connectivity index (χ2n) is 6.11. The number of halogens is 2. The number of guanidine groups is 1. The largest absolute Gasteiger partial charge is 0.386 e. The van der Waals surface area contributed by atoms with Crippen LogP contribution in [0.25, 0.3) is 11.0 Å². The zero-order chi connectivity index (χ0) is 19.1. The van der Waals surface area contributed by atoms with Crippen molar-refractivity contribution in [2.24, 2.45) is 4.99 Å². The molecule has 3 aromatic rings. The van der Waals surface area contributed by atoms with Gasteiger partial charge in [0.15, 0.2) is 5.96 Å². The number of hydrogen-bond acceptors (Lipinski definition) is 4. The van der Waals surface area contributed by atoms with E-state index in [4.69, 9.17) is 11.6 Å². The van der Waals surface area contributed by atoms with Crippen molar-refractivity contribution >= 4 is 63.9 Å². The Hall–Kier alpha value is -1.36. The third kappa shape index (κ3) is 6.61. The number of para-hydroxylation sites is 2. The Morgan fingerprint density at radius 1 is 1.29 bits per heavy atom. The molecule has 1 atom stereocenters. The molecule has 9 heteroatoms. The molecule has 3 rings (SSSR count). The third-order valence-corrected chi connectivity index (χ3v) is 5.34. The van der Waals surface area contributed by atoms with Gasteiger partial charge in [0.05, 0.1) is 21.9 Å². The van der Waals surface area contributed by atoms with E-state index < -0.39 is 6.10 Å². The van der Waals surface area contributed by atoms with Crippen molar-refractivity contribution in [2.45, 2.75) is 25.9 Å². The summed E-state index contributed by atoms with van der Waals surface area (Å²) in [5.74, 6) is 1.69. The molecule has 1 aromatic carbocycles. The summed E-state index contributed by atoms with van der Waals surface area (Å²) in [7, 11) is 0. The minimum atomic E-state index is -0.645. The molecule has 0 saturated heterocycles. The quantitative estimate of drug-likeness (QED) is 0.152. The minimum absolute atomic E-state index is 0. The van der Waals surface area contributed by atoms with Crippen molar-refractivity contribution in [3.8, 4) is 0 Å². The molecule has 0 fully saturated rings. The Balaban J connectivity index is 0.00000280. The first kappa shape index (κ1) is 22.9. The SMILES string of the molecule is CCNC(=NCC(O)c1ccc(Cl)s1)NCCCc1nc2ccccc2[nH]1.I. The Kier molecular flexibility index (Phi) is 9.49. The molecule has 4 N–H and O–H groups in total. The van der Waals surface area contributed by atoms with E-state index in [1.54, 1.807) is 6.07 Å². The zero-order valence-electron chi connectivity index (χ0n) is 15.6. The van der Waals surface area contributed by atoms with E-state index in [0.29, 0.717) is 10.3 Å². The van der Waals surface area contributed by atoms with Gasteiger partial charge in [-0.25, -0.2) is 4.98 Å². The number of nitrogens with one attached hydrogen (secondary N) is 3. The van der Waals surface area contributed by atoms with Crippen LogP contribution in [-0.4, -0.2) is 40.7 Å². The maximum Gasteiger partial charge on any atom is 0.191 e. The van der Waals surface area contributed by atoms with Gasteiger partial charge >= 0.3 is 0 Å². The highest BCUT2D eigenvalue weighted by Crippen LogP contribution is 2.26. The first-order valence-electron chi connectivity index (χ1n) is 9.05. The number of benzene rings is 1. The molecule has 0 radical (unpaired) electrons. The van der Waals surface area contributed by atoms with Crippen LogP contribution in [0.15, 0.2) is 41.4 Å². The van der Waals surface area contributed by atoms with Gasteiger partial charge in [-0.3, -0.25) is 4.99 Å². The number of fused-ring (bicyclic) bond motifs is 1. The van der Waals surface area contributed by atoms with Gasteiger partial charge in [0.2, 0.25) is 0 Å². The molecular formula is C19H25ClIN5OS. The number of aryl methyl sites for hydroxylation is 1. The Bertz CT molecular complexity index is 864. The number of aromatic amines is 1. The van der Waals surface area contributed by atoms with Crippen LogP contribution in [0, 0.1) is 0 Å². The van der Waals surface area contributed by atoms with Crippen LogP contribution >= 0.6 is 46.9 Å². The van der Waals surface area contributed by atoms with E-state index in [-0.39, 0.29) is 30.5 Å². The summed E-state index contributed by atoms with van der Waals surface area (Å²) in [4.78, 5) is 13.2. The number of imidazole rings is 1. The topological polar surface area (TPSA) is 85.3 Å². The molecule has 1 unspecified atom stereocenters. The van der Waals surface area contributed by atoms with Gasteiger partial charge in [-0.15, -0.1) is 35.3 Å². The summed E-state index contributed by atoms with van der Waals surface area (Å²) in [5.41, 5.74) is 2.07. The number of nitrogens with zero attached hydrogens (tertiary/aromatic N) is 2. The number of aromatic nitrogens is 2. The van der Waals surface area contributed by atoms with Crippen LogP contribution in [-0.2, 0) is 6.42 Å². The first-order chi connectivity index (χ1) is 13.2. The Morgan fingerprint density at radius 3 is 2.82 bits per heavy atom. The summed E-state index contributed by atoms with van der Waals surface area (Å²) in [6.07, 6.45) is 1.14. The van der Waals surface area contributed by atoms with Gasteiger partial charge in [-0.05, 0) is 37.6 Å². The highest BCUT2D eigenvalue weighted by atomic mass is 127. The highest BCUT2D eigenvalue weighted by Gasteiger charge is 2.10. The molecule has 0 saturated carbocycles. The van der Waals surface area contributed by atoms with Gasteiger partial charge in [-0.2, -0.15) is 0 Å². The average molecular weight is 534 g/mol. The van der Waals surface area contributed by atoms with E-state index >= 15 is 0 Å². The Labute approximate surface area is 190 Å². The maximum absolute atomic E-state index is 10.2. The molecule has 2 aromatic heterocycles. The lowest BCUT2D eigenvalue weighted by atomic mass is 10.3. The number of aliphatic hydroxyl groups excluding tert-OH is 1. The van der Waals surface area contributed by atoms with Gasteiger partial charge in [-0.1, -0.05) is 23.7 Å². The predicted octanol–water partition coefficient (Wildman–Crippen LogP) is 4.12. The standard InChI is InChI=1S/C19H24ClN5OS.HI/c1-2-21-19(23-12-15(26)16-9-10-17(20)27-16)22-11-5-8-18-24-13-6-3-4-7-14(13)25-18;/h3-4,6-7,9-10,15,26H,2,5,8,11-12H2,1H3,(H,24,25)(H2,21,22,23);1H. The van der Waals surface area contributed by atoms with Crippen LogP contribution < -0.4 is 10.6 Å². The summed E-state index contributed by atoms with van der Waals surface area (Å²) in [6, 6.07) is 11.7. The lowest BCUT2D eigenvalue weighted by Gasteiger charge is -2.12. The summed E-state index contributed by atoms with van der Waals surface area (Å²) in [5, 5.41) is 16.7. The molecule has 0 amide bonds. The monoisotopic (exact) mass is 533 g/mol. The molecule has 0 aliphatic heterocycles. The second-order valence-corrected chi connectivity index (χ2v) is 7.85. The van der Waals surface area contributed by atoms with E-state index in [1.165, 1.54) is 11.3 Å². The smallest absolute Gasteiger partial charge is 0.191 e. The number of H-pyrrole nitrogens is 1. The third-order valence-electron chi connectivity index (χ3n) is 4.01. The molecule has 0 aliphatic rings. The van der Waals surface area contributed by atoms with Crippen molar-refractivity contribution in [3.63, 3.8) is 0 Å². The summed E-state index contributed by atoms with van der Waals surface area (Å²) < 4.78 is 0.670. The number of hydrogen-bond donors (Lipinski definition) is 4. The average Bonchev–Trinajstić information content (AvgIpc) is 3.28. The van der Waals surface area contributed by atoms with E-state index in [1.807, 2.05) is 37.3 Å². The van der Waals surface area contributed by atoms with Crippen LogP contribution in [0.5, 0.6) is 0 Å². The number of thiophene rings is 1. The van der Waals surface area contributed by atoms with Gasteiger partial charge in [0.25, 0.3) is 0 Å². The fraction of sp³-hybridized carbons (Fsp3) is 0.368. The van der Waals surface area contributed by atoms with Crippen molar-refractivity contribution in [3.05, 3.63) is 51.4 Å². The van der Waals surface area contributed by atoms with Crippen molar-refractivity contribution < 1.29 is 5.11 Å². The molecular weight excluding hydrogens is 509 g/mol. The lowest BCUT2D eigenvalue weighted by molar-refractivity contribution is 0.191. The zero-order valence-corrected chi connectivity index (χ0v) is 19.5. The summed E-state index contributed by atoms with van der Waals surface area (Å²) in [6.45, 7) is 3.83. The first-order valence-corrected chi connectivity index (χ1v) is 10.2. The predicted molar refractivity (Wildman–Crippen MR) is 128 cm³/mol. The van der Waals surface area contributed by atoms with Crippen LogP contribution in [0.1, 0.15) is 30.2 Å². The second kappa shape index (κ2) is 11.6. The van der Waals surface area contributed by atoms with E-state index in [0.717, 1.165) is 47.7 Å². The normalized spacial score (nSPS) is 12.6. The molecule has 0 aliphatic carbocycles. The van der Waals surface area contributed by atoms with Crippen molar-refractivity contribution in [1.82, 2.24) is 20.6 Å². The molecule has 152 valence electrons. The fourth-order valence-electron chi connectivity index (χ4n) is 2.70. The highest BCUT2D eigenvalue weighted by molar-refractivity contribution is 14.0. The van der Waals surface area contributed by atoms with Gasteiger partial charge in [0.1, 0.15) is 11.9 Å². The van der Waals surface area contributed by atoms with E-state index in [9.17, 15) is 5.11 Å². The van der Waals surface area contributed by atoms with Crippen LogP contribution in [0.4, 0.5) is 0 Å². The number of aliphatic imine (C=N–C) groups is 1. The molecule has 28 heavy (non-hydrogen) atoms. The molecule has 6 nitrogen and oxygen atoms in total. The number of aliphatic hydroxyl groups is 1. The maximum atomic E-state index is 10.2. The Morgan fingerprint density at radius 2 is 2.11 bits per heavy atom. The number of rotatable bonds is 8. The van der Waals surface area contributed by atoms with Crippen LogP contribution in [0.3, 0.4) is 0 Å². The van der Waals surface area contributed by atoms with Crippen molar-refractivity contribution in [1.29, 1.82) is 0 Å². The lowest BCUT2D eigenvalue weighted by Crippen LogP contribution is -2.38. The van der Waals surface area contributed by atoms with Gasteiger partial charge < -0.3 is 20.7 Å². The molecule has 0 bridgehead atoms. The van der Waals surface area contributed by atoms with Crippen molar-refractivity contribution in [2.75, 3.05) is 19.6 Å². The fourth-order valence-corrected chi connectivity index (χ4v) is 3.74. The van der Waals surface area contributed by atoms with E-state index in [2.05, 4.69) is 25.6 Å².